The largest absolute Gasteiger partial charge is 0.493 e. The van der Waals surface area contributed by atoms with Gasteiger partial charge in [-0.1, -0.05) is 18.2 Å². The van der Waals surface area contributed by atoms with Crippen LogP contribution in [0.3, 0.4) is 0 Å². The number of ether oxygens (including phenoxy) is 2. The van der Waals surface area contributed by atoms with Crippen LogP contribution in [0.5, 0.6) is 11.5 Å². The van der Waals surface area contributed by atoms with Gasteiger partial charge in [-0.25, -0.2) is 0 Å². The van der Waals surface area contributed by atoms with Crippen LogP contribution in [0.25, 0.3) is 5.69 Å². The highest BCUT2D eigenvalue weighted by molar-refractivity contribution is 5.99. The maximum Gasteiger partial charge on any atom is 0.273 e. The molecule has 0 radical (unpaired) electrons. The lowest BCUT2D eigenvalue weighted by molar-refractivity contribution is 0.0962. The SMILES string of the molecule is COc1ccc(C2CC(=O)c3cc(C#N)c(=O)n(-c4cccc(C)c4)c3C2)cc1OC. The Bertz CT molecular complexity index is 1280. The van der Waals surface area contributed by atoms with Crippen LogP contribution in [-0.2, 0) is 6.42 Å². The second kappa shape index (κ2) is 8.11. The van der Waals surface area contributed by atoms with Crippen LogP contribution in [0.4, 0.5) is 0 Å². The van der Waals surface area contributed by atoms with Gasteiger partial charge in [-0.05, 0) is 60.7 Å². The summed E-state index contributed by atoms with van der Waals surface area (Å²) < 4.78 is 12.3. The monoisotopic (exact) mass is 414 g/mol. The summed E-state index contributed by atoms with van der Waals surface area (Å²) in [6, 6.07) is 16.5. The Morgan fingerprint density at radius 3 is 2.45 bits per heavy atom. The molecule has 0 amide bonds. The minimum atomic E-state index is -0.410. The summed E-state index contributed by atoms with van der Waals surface area (Å²) in [4.78, 5) is 26.2. The number of rotatable bonds is 4. The second-order valence-electron chi connectivity index (χ2n) is 7.65. The molecule has 1 unspecified atom stereocenters. The molecule has 6 nitrogen and oxygen atoms in total. The number of Topliss-reactive ketones (excluding diaryl/α,β-unsaturated/α-hetero) is 1. The first-order chi connectivity index (χ1) is 15.0. The van der Waals surface area contributed by atoms with Crippen LogP contribution in [0, 0.1) is 18.3 Å². The predicted molar refractivity (Wildman–Crippen MR) is 116 cm³/mol. The normalized spacial score (nSPS) is 15.2. The smallest absolute Gasteiger partial charge is 0.273 e. The fraction of sp³-hybridized carbons (Fsp3) is 0.240. The number of carbonyl (C=O) groups is 1. The molecule has 0 N–H and O–H groups in total. The summed E-state index contributed by atoms with van der Waals surface area (Å²) in [5.74, 6) is 1.00. The lowest BCUT2D eigenvalue weighted by Gasteiger charge is -2.27. The van der Waals surface area contributed by atoms with E-state index in [1.807, 2.05) is 55.5 Å². The summed E-state index contributed by atoms with van der Waals surface area (Å²) >= 11 is 0. The van der Waals surface area contributed by atoms with E-state index < -0.39 is 5.56 Å². The fourth-order valence-corrected chi connectivity index (χ4v) is 4.20. The van der Waals surface area contributed by atoms with Crippen molar-refractivity contribution in [2.45, 2.75) is 25.7 Å². The molecule has 3 aromatic rings. The van der Waals surface area contributed by atoms with Gasteiger partial charge in [0.25, 0.3) is 5.56 Å². The zero-order valence-corrected chi connectivity index (χ0v) is 17.6. The van der Waals surface area contributed by atoms with Crippen LogP contribution < -0.4 is 15.0 Å². The van der Waals surface area contributed by atoms with E-state index in [0.717, 1.165) is 11.1 Å². The lowest BCUT2D eigenvalue weighted by Crippen LogP contribution is -2.31. The molecule has 1 heterocycles. The summed E-state index contributed by atoms with van der Waals surface area (Å²) in [5.41, 5.74) is 3.20. The molecule has 156 valence electrons. The number of benzene rings is 2. The lowest BCUT2D eigenvalue weighted by atomic mass is 9.81. The van der Waals surface area contributed by atoms with Crippen LogP contribution in [0.15, 0.2) is 53.3 Å². The third kappa shape index (κ3) is 3.59. The van der Waals surface area contributed by atoms with E-state index >= 15 is 0 Å². The first-order valence-electron chi connectivity index (χ1n) is 9.98. The molecule has 0 aliphatic heterocycles. The van der Waals surface area contributed by atoms with E-state index in [4.69, 9.17) is 9.47 Å². The zero-order valence-electron chi connectivity index (χ0n) is 17.6. The van der Waals surface area contributed by atoms with Crippen molar-refractivity contribution >= 4 is 5.78 Å². The van der Waals surface area contributed by atoms with Crippen LogP contribution in [0.2, 0.25) is 0 Å². The van der Waals surface area contributed by atoms with Crippen molar-refractivity contribution in [2.75, 3.05) is 14.2 Å². The van der Waals surface area contributed by atoms with Gasteiger partial charge in [0, 0.05) is 23.4 Å². The van der Waals surface area contributed by atoms with E-state index in [9.17, 15) is 14.9 Å². The van der Waals surface area contributed by atoms with Crippen molar-refractivity contribution < 1.29 is 14.3 Å². The number of aryl methyl sites for hydroxylation is 1. The predicted octanol–water partition coefficient (Wildman–Crippen LogP) is 3.95. The number of pyridine rings is 1. The molecule has 1 aliphatic carbocycles. The van der Waals surface area contributed by atoms with E-state index in [2.05, 4.69) is 0 Å². The van der Waals surface area contributed by atoms with Gasteiger partial charge >= 0.3 is 0 Å². The molecular formula is C25H22N2O4. The first-order valence-corrected chi connectivity index (χ1v) is 9.98. The molecule has 6 heteroatoms. The third-order valence-corrected chi connectivity index (χ3v) is 5.73. The number of hydrogen-bond acceptors (Lipinski definition) is 5. The Morgan fingerprint density at radius 1 is 1.00 bits per heavy atom. The van der Waals surface area contributed by atoms with Gasteiger partial charge in [-0.2, -0.15) is 5.26 Å². The van der Waals surface area contributed by atoms with Crippen molar-refractivity contribution in [2.24, 2.45) is 0 Å². The van der Waals surface area contributed by atoms with E-state index in [1.165, 1.54) is 10.6 Å². The molecule has 31 heavy (non-hydrogen) atoms. The van der Waals surface area contributed by atoms with Crippen molar-refractivity contribution in [3.63, 3.8) is 0 Å². The van der Waals surface area contributed by atoms with Gasteiger partial charge in [0.15, 0.2) is 17.3 Å². The third-order valence-electron chi connectivity index (χ3n) is 5.73. The molecule has 0 fully saturated rings. The Hall–Kier alpha value is -3.85. The Morgan fingerprint density at radius 2 is 1.77 bits per heavy atom. The number of nitrogens with zero attached hydrogens (tertiary/aromatic N) is 2. The standard InChI is InChI=1S/C25H22N2O4/c1-15-5-4-6-19(9-15)27-21-11-17(16-7-8-23(30-2)24(13-16)31-3)12-22(28)20(21)10-18(14-26)25(27)29/h4-10,13,17H,11-12H2,1-3H3. The van der Waals surface area contributed by atoms with Gasteiger partial charge in [0.05, 0.1) is 14.2 Å². The number of aromatic nitrogens is 1. The summed E-state index contributed by atoms with van der Waals surface area (Å²) in [7, 11) is 3.15. The van der Waals surface area contributed by atoms with Gasteiger partial charge in [-0.15, -0.1) is 0 Å². The van der Waals surface area contributed by atoms with Crippen molar-refractivity contribution in [3.05, 3.63) is 86.8 Å². The van der Waals surface area contributed by atoms with Gasteiger partial charge in [0.1, 0.15) is 11.6 Å². The quantitative estimate of drug-likeness (QED) is 0.646. The summed E-state index contributed by atoms with van der Waals surface area (Å²) in [5, 5.41) is 9.47. The summed E-state index contributed by atoms with van der Waals surface area (Å²) in [6.07, 6.45) is 0.783. The number of nitriles is 1. The van der Waals surface area contributed by atoms with Crippen molar-refractivity contribution in [1.29, 1.82) is 5.26 Å². The number of carbonyl (C=O) groups excluding carboxylic acids is 1. The highest BCUT2D eigenvalue weighted by Gasteiger charge is 2.31. The first kappa shape index (κ1) is 20.4. The maximum atomic E-state index is 13.1. The van der Waals surface area contributed by atoms with Gasteiger partial charge < -0.3 is 9.47 Å². The second-order valence-corrected chi connectivity index (χ2v) is 7.65. The van der Waals surface area contributed by atoms with Crippen LogP contribution in [-0.4, -0.2) is 24.6 Å². The maximum absolute atomic E-state index is 13.1. The van der Waals surface area contributed by atoms with Gasteiger partial charge in [-0.3, -0.25) is 14.2 Å². The number of fused-ring (bicyclic) bond motifs is 1. The van der Waals surface area contributed by atoms with Crippen LogP contribution in [0.1, 0.15) is 45.1 Å². The molecule has 0 saturated carbocycles. The van der Waals surface area contributed by atoms with Crippen molar-refractivity contribution in [1.82, 2.24) is 4.57 Å². The number of methoxy groups -OCH3 is 2. The zero-order chi connectivity index (χ0) is 22.1. The number of hydrogen-bond donors (Lipinski definition) is 0. The molecule has 1 aromatic heterocycles. The fourth-order valence-electron chi connectivity index (χ4n) is 4.20. The van der Waals surface area contributed by atoms with Gasteiger partial charge in [0.2, 0.25) is 0 Å². The van der Waals surface area contributed by atoms with E-state index in [1.54, 1.807) is 14.2 Å². The molecule has 1 atom stereocenters. The summed E-state index contributed by atoms with van der Waals surface area (Å²) in [6.45, 7) is 1.94. The minimum absolute atomic E-state index is 0.0295. The Labute approximate surface area is 180 Å². The highest BCUT2D eigenvalue weighted by atomic mass is 16.5. The molecule has 0 saturated heterocycles. The molecule has 0 bridgehead atoms. The molecule has 4 rings (SSSR count). The molecule has 0 spiro atoms. The Kier molecular flexibility index (Phi) is 5.35. The molecule has 2 aromatic carbocycles. The van der Waals surface area contributed by atoms with Crippen molar-refractivity contribution in [3.8, 4) is 23.3 Å². The average Bonchev–Trinajstić information content (AvgIpc) is 2.78. The topological polar surface area (TPSA) is 81.3 Å². The van der Waals surface area contributed by atoms with E-state index in [0.29, 0.717) is 41.3 Å². The molecular weight excluding hydrogens is 392 g/mol. The van der Waals surface area contributed by atoms with Crippen LogP contribution >= 0.6 is 0 Å². The Balaban J connectivity index is 1.89. The van der Waals surface area contributed by atoms with E-state index in [-0.39, 0.29) is 17.3 Å². The average molecular weight is 414 g/mol. The molecule has 1 aliphatic rings. The minimum Gasteiger partial charge on any atom is -0.493 e. The number of ketones is 1. The highest BCUT2D eigenvalue weighted by Crippen LogP contribution is 2.37.